The third kappa shape index (κ3) is 11.5. The molecule has 8 heteroatoms. The fourth-order valence-electron chi connectivity index (χ4n) is 3.02. The van der Waals surface area contributed by atoms with Crippen molar-refractivity contribution in [1.29, 1.82) is 0 Å². The first-order valence-corrected chi connectivity index (χ1v) is 18.0. The summed E-state index contributed by atoms with van der Waals surface area (Å²) in [5.74, 6) is 8.07. The molecule has 0 saturated carbocycles. The quantitative estimate of drug-likeness (QED) is 0.118. The standard InChI is InChI=1S/C24H34O2S6/c1-27-23-17-19(7-9-21(23)25)5-3-11-29-13-15-31-32-16-14-30-12-4-6-20-8-10-22(26)24(18-20)28-2/h7-10,17-18,25-26H,3-6,11-16H2,1-2H3. The minimum Gasteiger partial charge on any atom is -0.507 e. The molecule has 0 fully saturated rings. The molecule has 0 spiro atoms. The number of hydrogen-bond acceptors (Lipinski definition) is 8. The molecular weight excluding hydrogens is 513 g/mol. The van der Waals surface area contributed by atoms with Gasteiger partial charge in [0.05, 0.1) is 0 Å². The first-order chi connectivity index (χ1) is 15.6. The predicted octanol–water partition coefficient (Wildman–Crippen LogP) is 7.95. The number of benzene rings is 2. The summed E-state index contributed by atoms with van der Waals surface area (Å²) in [5.41, 5.74) is 2.64. The second-order valence-electron chi connectivity index (χ2n) is 7.09. The summed E-state index contributed by atoms with van der Waals surface area (Å²) in [5, 5.41) is 19.5. The predicted molar refractivity (Wildman–Crippen MR) is 156 cm³/mol. The third-order valence-electron chi connectivity index (χ3n) is 4.70. The molecule has 2 nitrogen and oxygen atoms in total. The Morgan fingerprint density at radius 1 is 0.594 bits per heavy atom. The van der Waals surface area contributed by atoms with Crippen molar-refractivity contribution < 1.29 is 10.2 Å². The fraction of sp³-hybridized carbons (Fsp3) is 0.500. The summed E-state index contributed by atoms with van der Waals surface area (Å²) >= 11 is 7.31. The highest BCUT2D eigenvalue weighted by Gasteiger charge is 2.03. The first kappa shape index (κ1) is 28.4. The van der Waals surface area contributed by atoms with Gasteiger partial charge < -0.3 is 10.2 Å². The molecule has 0 heterocycles. The minimum atomic E-state index is 0.391. The molecule has 0 amide bonds. The van der Waals surface area contributed by atoms with Gasteiger partial charge in [-0.15, -0.1) is 23.5 Å². The highest BCUT2D eigenvalue weighted by Crippen LogP contribution is 2.29. The Hall–Kier alpha value is 0.140. The number of thioether (sulfide) groups is 4. The Balaban J connectivity index is 1.37. The van der Waals surface area contributed by atoms with Crippen LogP contribution in [-0.2, 0) is 12.8 Å². The Labute approximate surface area is 219 Å². The molecule has 32 heavy (non-hydrogen) atoms. The lowest BCUT2D eigenvalue weighted by Gasteiger charge is -2.06. The number of phenolic OH excluding ortho intramolecular Hbond substituents is 2. The average molecular weight is 547 g/mol. The molecule has 0 radical (unpaired) electrons. The van der Waals surface area contributed by atoms with Gasteiger partial charge in [0.1, 0.15) is 11.5 Å². The maximum atomic E-state index is 9.75. The van der Waals surface area contributed by atoms with Crippen molar-refractivity contribution in [3.8, 4) is 11.5 Å². The van der Waals surface area contributed by atoms with Crippen LogP contribution in [0.4, 0.5) is 0 Å². The summed E-state index contributed by atoms with van der Waals surface area (Å²) < 4.78 is 0. The fourth-order valence-corrected chi connectivity index (χ4v) is 8.87. The summed E-state index contributed by atoms with van der Waals surface area (Å²) in [7, 11) is 4.01. The van der Waals surface area contributed by atoms with Crippen LogP contribution in [0.3, 0.4) is 0 Å². The van der Waals surface area contributed by atoms with Crippen molar-refractivity contribution in [2.45, 2.75) is 35.5 Å². The average Bonchev–Trinajstić information content (AvgIpc) is 2.81. The van der Waals surface area contributed by atoms with E-state index in [0.717, 1.165) is 22.6 Å². The Morgan fingerprint density at radius 2 is 1.03 bits per heavy atom. The van der Waals surface area contributed by atoms with E-state index in [2.05, 4.69) is 35.7 Å². The van der Waals surface area contributed by atoms with E-state index < -0.39 is 0 Å². The van der Waals surface area contributed by atoms with Gasteiger partial charge in [0.25, 0.3) is 0 Å². The van der Waals surface area contributed by atoms with E-state index in [-0.39, 0.29) is 0 Å². The lowest BCUT2D eigenvalue weighted by molar-refractivity contribution is 0.461. The van der Waals surface area contributed by atoms with Crippen LogP contribution in [0.5, 0.6) is 11.5 Å². The van der Waals surface area contributed by atoms with E-state index in [0.29, 0.717) is 11.5 Å². The van der Waals surface area contributed by atoms with Crippen LogP contribution in [0.1, 0.15) is 24.0 Å². The van der Waals surface area contributed by atoms with Crippen molar-refractivity contribution in [3.05, 3.63) is 47.5 Å². The lowest BCUT2D eigenvalue weighted by Crippen LogP contribution is -1.92. The van der Waals surface area contributed by atoms with Crippen molar-refractivity contribution in [2.75, 3.05) is 47.0 Å². The first-order valence-electron chi connectivity index (χ1n) is 10.8. The van der Waals surface area contributed by atoms with Crippen LogP contribution in [0.2, 0.25) is 0 Å². The van der Waals surface area contributed by atoms with Crippen LogP contribution in [0.25, 0.3) is 0 Å². The van der Waals surface area contributed by atoms with Crippen LogP contribution >= 0.6 is 68.6 Å². The zero-order valence-corrected chi connectivity index (χ0v) is 23.8. The maximum absolute atomic E-state index is 9.75. The number of hydrogen-bond donors (Lipinski definition) is 2. The van der Waals surface area contributed by atoms with Crippen LogP contribution in [0.15, 0.2) is 46.2 Å². The maximum Gasteiger partial charge on any atom is 0.129 e. The molecule has 2 N–H and O–H groups in total. The Bertz CT molecular complexity index is 722. The van der Waals surface area contributed by atoms with Gasteiger partial charge in [-0.25, -0.2) is 0 Å². The van der Waals surface area contributed by atoms with Crippen molar-refractivity contribution in [3.63, 3.8) is 0 Å². The molecule has 178 valence electrons. The number of phenols is 2. The highest BCUT2D eigenvalue weighted by atomic mass is 33.1. The SMILES string of the molecule is CSc1cc(CCCSCCSSCCSCCCc2ccc(O)c(SC)c2)ccc1O. The lowest BCUT2D eigenvalue weighted by atomic mass is 10.1. The van der Waals surface area contributed by atoms with Crippen molar-refractivity contribution in [1.82, 2.24) is 0 Å². The van der Waals surface area contributed by atoms with E-state index in [9.17, 15) is 10.2 Å². The van der Waals surface area contributed by atoms with Gasteiger partial charge >= 0.3 is 0 Å². The number of rotatable bonds is 17. The molecule has 0 atom stereocenters. The van der Waals surface area contributed by atoms with Crippen molar-refractivity contribution in [2.24, 2.45) is 0 Å². The number of aryl methyl sites for hydroxylation is 2. The van der Waals surface area contributed by atoms with E-state index >= 15 is 0 Å². The molecule has 0 unspecified atom stereocenters. The van der Waals surface area contributed by atoms with Gasteiger partial charge in [0, 0.05) is 32.8 Å². The zero-order chi connectivity index (χ0) is 23.0. The molecule has 2 aromatic carbocycles. The van der Waals surface area contributed by atoms with Crippen LogP contribution in [0, 0.1) is 0 Å². The summed E-state index contributed by atoms with van der Waals surface area (Å²) in [6, 6.07) is 11.9. The molecule has 0 saturated heterocycles. The molecule has 2 aromatic rings. The monoisotopic (exact) mass is 546 g/mol. The Kier molecular flexibility index (Phi) is 15.6. The Morgan fingerprint density at radius 3 is 1.44 bits per heavy atom. The zero-order valence-electron chi connectivity index (χ0n) is 18.9. The molecular formula is C24H34O2S6. The molecule has 0 aliphatic carbocycles. The van der Waals surface area contributed by atoms with Gasteiger partial charge in [0.2, 0.25) is 0 Å². The minimum absolute atomic E-state index is 0.391. The van der Waals surface area contributed by atoms with Gasteiger partial charge in [-0.3, -0.25) is 0 Å². The van der Waals surface area contributed by atoms with E-state index in [1.807, 2.05) is 58.4 Å². The van der Waals surface area contributed by atoms with E-state index in [1.54, 1.807) is 23.5 Å². The largest absolute Gasteiger partial charge is 0.507 e. The van der Waals surface area contributed by atoms with E-state index in [4.69, 9.17) is 0 Å². The van der Waals surface area contributed by atoms with Gasteiger partial charge in [0.15, 0.2) is 0 Å². The molecule has 0 aromatic heterocycles. The summed E-state index contributed by atoms with van der Waals surface area (Å²) in [6.07, 6.45) is 8.57. The third-order valence-corrected chi connectivity index (χ3v) is 11.3. The van der Waals surface area contributed by atoms with Crippen molar-refractivity contribution >= 4 is 68.6 Å². The van der Waals surface area contributed by atoms with E-state index in [1.165, 1.54) is 58.5 Å². The molecule has 0 bridgehead atoms. The highest BCUT2D eigenvalue weighted by molar-refractivity contribution is 8.76. The van der Waals surface area contributed by atoms with Gasteiger partial charge in [-0.1, -0.05) is 33.7 Å². The summed E-state index contributed by atoms with van der Waals surface area (Å²) in [4.78, 5) is 1.95. The van der Waals surface area contributed by atoms with Crippen LogP contribution in [-0.4, -0.2) is 57.2 Å². The van der Waals surface area contributed by atoms with Gasteiger partial charge in [-0.2, -0.15) is 23.5 Å². The number of aromatic hydroxyl groups is 2. The smallest absolute Gasteiger partial charge is 0.129 e. The van der Waals surface area contributed by atoms with Crippen LogP contribution < -0.4 is 0 Å². The second-order valence-corrected chi connectivity index (χ2v) is 13.9. The van der Waals surface area contributed by atoms with Gasteiger partial charge in [-0.05, 0) is 85.1 Å². The molecule has 0 aliphatic rings. The second kappa shape index (κ2) is 17.6. The normalized spacial score (nSPS) is 11.2. The summed E-state index contributed by atoms with van der Waals surface area (Å²) in [6.45, 7) is 0. The topological polar surface area (TPSA) is 40.5 Å². The molecule has 0 aliphatic heterocycles. The molecule has 2 rings (SSSR count).